The second kappa shape index (κ2) is 8.61. The molecule has 0 fully saturated rings. The quantitative estimate of drug-likeness (QED) is 0.377. The van der Waals surface area contributed by atoms with Gasteiger partial charge in [0, 0.05) is 18.3 Å². The lowest BCUT2D eigenvalue weighted by Gasteiger charge is -2.15. The molecule has 0 unspecified atom stereocenters. The van der Waals surface area contributed by atoms with Gasteiger partial charge in [-0.05, 0) is 42.5 Å². The zero-order valence-corrected chi connectivity index (χ0v) is 17.0. The predicted octanol–water partition coefficient (Wildman–Crippen LogP) is 3.72. The first-order valence-corrected chi connectivity index (χ1v) is 9.58. The van der Waals surface area contributed by atoms with E-state index in [2.05, 4.69) is 15.4 Å². The first-order valence-electron chi connectivity index (χ1n) is 9.20. The minimum Gasteiger partial charge on any atom is -0.478 e. The van der Waals surface area contributed by atoms with E-state index < -0.39 is 17.7 Å². The van der Waals surface area contributed by atoms with Crippen LogP contribution in [0.1, 0.15) is 26.3 Å². The Morgan fingerprint density at radius 3 is 2.72 bits per heavy atom. The van der Waals surface area contributed by atoms with Crippen molar-refractivity contribution < 1.29 is 23.8 Å². The van der Waals surface area contributed by atoms with Crippen LogP contribution in [-0.4, -0.2) is 31.6 Å². The maximum absolute atomic E-state index is 13.5. The van der Waals surface area contributed by atoms with Crippen LogP contribution in [0.15, 0.2) is 54.9 Å². The lowest BCUT2D eigenvalue weighted by atomic mass is 10.1. The molecule has 1 amide bonds. The number of carboxylic acid groups (broad SMARTS) is 1. The van der Waals surface area contributed by atoms with Gasteiger partial charge in [0.25, 0.3) is 5.91 Å². The Kier molecular flexibility index (Phi) is 5.71. The number of carbonyl (C=O) groups excluding carboxylic acids is 1. The molecule has 0 aliphatic rings. The van der Waals surface area contributed by atoms with Crippen molar-refractivity contribution in [1.29, 1.82) is 0 Å². The summed E-state index contributed by atoms with van der Waals surface area (Å²) in [5.74, 6) is -1.89. The van der Waals surface area contributed by atoms with Gasteiger partial charge in [-0.1, -0.05) is 11.6 Å². The molecule has 4 N–H and O–H groups in total. The number of carbonyl (C=O) groups is 2. The van der Waals surface area contributed by atoms with Crippen LogP contribution in [0, 0.1) is 5.82 Å². The van der Waals surface area contributed by atoms with E-state index in [0.717, 1.165) is 0 Å². The monoisotopic (exact) mass is 455 g/mol. The van der Waals surface area contributed by atoms with Crippen LogP contribution in [0.4, 0.5) is 10.1 Å². The summed E-state index contributed by atoms with van der Waals surface area (Å²) in [7, 11) is 0. The maximum Gasteiger partial charge on any atom is 0.335 e. The Hall–Kier alpha value is -4.02. The number of carboxylic acids is 1. The standard InChI is InChI=1S/C21H15ClFN5O4/c22-18-5-6-28-19(27-18)14(10-25-28)20(29)26-15-8-11(21(30)31)1-3-17(15)32-16-4-2-13(23)7-12(16)9-24/h1-8,10H,9,24H2,(H,26,29)(H,30,31). The molecule has 32 heavy (non-hydrogen) atoms. The summed E-state index contributed by atoms with van der Waals surface area (Å²) in [6.45, 7) is 0.0107. The van der Waals surface area contributed by atoms with Gasteiger partial charge in [-0.15, -0.1) is 0 Å². The van der Waals surface area contributed by atoms with Crippen molar-refractivity contribution in [1.82, 2.24) is 14.6 Å². The van der Waals surface area contributed by atoms with Crippen LogP contribution in [0.2, 0.25) is 5.15 Å². The van der Waals surface area contributed by atoms with Crippen molar-refractivity contribution in [2.75, 3.05) is 5.32 Å². The Balaban J connectivity index is 1.72. The van der Waals surface area contributed by atoms with Crippen molar-refractivity contribution in [2.45, 2.75) is 6.54 Å². The van der Waals surface area contributed by atoms with Gasteiger partial charge in [-0.2, -0.15) is 5.10 Å². The summed E-state index contributed by atoms with van der Waals surface area (Å²) in [5.41, 5.74) is 6.39. The molecule has 162 valence electrons. The highest BCUT2D eigenvalue weighted by Gasteiger charge is 2.19. The highest BCUT2D eigenvalue weighted by atomic mass is 35.5. The van der Waals surface area contributed by atoms with Gasteiger partial charge in [0.1, 0.15) is 22.3 Å². The van der Waals surface area contributed by atoms with E-state index >= 15 is 0 Å². The van der Waals surface area contributed by atoms with Crippen molar-refractivity contribution >= 4 is 34.8 Å². The van der Waals surface area contributed by atoms with Gasteiger partial charge < -0.3 is 20.9 Å². The Bertz CT molecular complexity index is 1360. The summed E-state index contributed by atoms with van der Waals surface area (Å²) >= 11 is 5.92. The number of halogens is 2. The highest BCUT2D eigenvalue weighted by Crippen LogP contribution is 2.33. The minimum atomic E-state index is -1.19. The molecule has 0 aliphatic carbocycles. The molecule has 2 aromatic heterocycles. The number of amides is 1. The van der Waals surface area contributed by atoms with Gasteiger partial charge in [-0.3, -0.25) is 4.79 Å². The summed E-state index contributed by atoms with van der Waals surface area (Å²) < 4.78 is 20.7. The second-order valence-corrected chi connectivity index (χ2v) is 6.99. The van der Waals surface area contributed by atoms with Gasteiger partial charge in [0.2, 0.25) is 0 Å². The summed E-state index contributed by atoms with van der Waals surface area (Å²) in [4.78, 5) is 28.5. The third-order valence-electron chi connectivity index (χ3n) is 4.52. The average molecular weight is 456 g/mol. The largest absolute Gasteiger partial charge is 0.478 e. The topological polar surface area (TPSA) is 132 Å². The molecule has 2 aromatic carbocycles. The number of hydrogen-bond acceptors (Lipinski definition) is 6. The molecule has 0 bridgehead atoms. The number of aromatic nitrogens is 3. The van der Waals surface area contributed by atoms with Gasteiger partial charge in [0.15, 0.2) is 11.4 Å². The van der Waals surface area contributed by atoms with E-state index in [0.29, 0.717) is 5.56 Å². The molecule has 0 spiro atoms. The lowest BCUT2D eigenvalue weighted by Crippen LogP contribution is -2.14. The molecule has 0 atom stereocenters. The van der Waals surface area contributed by atoms with Crippen LogP contribution >= 0.6 is 11.6 Å². The average Bonchev–Trinajstić information content (AvgIpc) is 3.19. The Morgan fingerprint density at radius 1 is 1.19 bits per heavy atom. The normalized spacial score (nSPS) is 10.8. The molecule has 0 saturated heterocycles. The summed E-state index contributed by atoms with van der Waals surface area (Å²) in [6, 6.07) is 9.28. The van der Waals surface area contributed by atoms with E-state index in [9.17, 15) is 19.1 Å². The summed E-state index contributed by atoms with van der Waals surface area (Å²) in [5, 5.41) is 16.2. The molecule has 2 heterocycles. The number of nitrogens with zero attached hydrogens (tertiary/aromatic N) is 3. The zero-order chi connectivity index (χ0) is 22.8. The number of rotatable bonds is 6. The van der Waals surface area contributed by atoms with E-state index in [1.165, 1.54) is 53.2 Å². The third kappa shape index (κ3) is 4.22. The minimum absolute atomic E-state index is 0.0107. The van der Waals surface area contributed by atoms with Crippen molar-refractivity contribution in [3.63, 3.8) is 0 Å². The van der Waals surface area contributed by atoms with Crippen LogP contribution in [0.5, 0.6) is 11.5 Å². The lowest BCUT2D eigenvalue weighted by molar-refractivity contribution is 0.0696. The van der Waals surface area contributed by atoms with Crippen LogP contribution in [-0.2, 0) is 6.54 Å². The summed E-state index contributed by atoms with van der Waals surface area (Å²) in [6.07, 6.45) is 2.85. The second-order valence-electron chi connectivity index (χ2n) is 6.61. The van der Waals surface area contributed by atoms with Crippen LogP contribution in [0.25, 0.3) is 5.65 Å². The smallest absolute Gasteiger partial charge is 0.335 e. The Labute approximate surface area is 185 Å². The number of hydrogen-bond donors (Lipinski definition) is 3. The molecule has 11 heteroatoms. The van der Waals surface area contributed by atoms with Crippen molar-refractivity contribution in [3.8, 4) is 11.5 Å². The first-order chi connectivity index (χ1) is 15.4. The zero-order valence-electron chi connectivity index (χ0n) is 16.3. The number of fused-ring (bicyclic) bond motifs is 1. The van der Waals surface area contributed by atoms with E-state index in [4.69, 9.17) is 22.1 Å². The van der Waals surface area contributed by atoms with E-state index in [1.807, 2.05) is 0 Å². The predicted molar refractivity (Wildman–Crippen MR) is 114 cm³/mol. The number of nitrogens with two attached hydrogens (primary N) is 1. The number of benzene rings is 2. The van der Waals surface area contributed by atoms with Gasteiger partial charge in [0.05, 0.1) is 17.4 Å². The molecular weight excluding hydrogens is 441 g/mol. The maximum atomic E-state index is 13.5. The van der Waals surface area contributed by atoms with E-state index in [-0.39, 0.29) is 45.7 Å². The number of nitrogens with one attached hydrogen (secondary N) is 1. The fourth-order valence-corrected chi connectivity index (χ4v) is 3.11. The van der Waals surface area contributed by atoms with Crippen molar-refractivity contribution in [2.24, 2.45) is 5.73 Å². The van der Waals surface area contributed by atoms with Crippen molar-refractivity contribution in [3.05, 3.63) is 82.5 Å². The van der Waals surface area contributed by atoms with E-state index in [1.54, 1.807) is 6.20 Å². The molecule has 9 nitrogen and oxygen atoms in total. The first kappa shape index (κ1) is 21.2. The molecule has 4 rings (SSSR count). The molecular formula is C21H15ClFN5O4. The van der Waals surface area contributed by atoms with Crippen LogP contribution in [0.3, 0.4) is 0 Å². The fraction of sp³-hybridized carbons (Fsp3) is 0.0476. The SMILES string of the molecule is NCc1cc(F)ccc1Oc1ccc(C(=O)O)cc1NC(=O)c1cnn2ccc(Cl)nc12. The molecule has 0 radical (unpaired) electrons. The molecule has 4 aromatic rings. The number of ether oxygens (including phenoxy) is 1. The molecule has 0 aliphatic heterocycles. The third-order valence-corrected chi connectivity index (χ3v) is 4.73. The fourth-order valence-electron chi connectivity index (χ4n) is 2.97. The number of aromatic carboxylic acids is 1. The Morgan fingerprint density at radius 2 is 1.97 bits per heavy atom. The highest BCUT2D eigenvalue weighted by molar-refractivity contribution is 6.29. The molecule has 0 saturated carbocycles. The van der Waals surface area contributed by atoms with Gasteiger partial charge >= 0.3 is 5.97 Å². The number of anilines is 1. The van der Waals surface area contributed by atoms with Gasteiger partial charge in [-0.25, -0.2) is 18.7 Å². The van der Waals surface area contributed by atoms with Crippen LogP contribution < -0.4 is 15.8 Å².